The number of amides is 1. The molecule has 26 heavy (non-hydrogen) atoms. The zero-order valence-corrected chi connectivity index (χ0v) is 14.1. The van der Waals surface area contributed by atoms with Crippen LogP contribution in [0, 0.1) is 0 Å². The molecule has 0 bridgehead atoms. The summed E-state index contributed by atoms with van der Waals surface area (Å²) >= 11 is 0. The van der Waals surface area contributed by atoms with Crippen molar-refractivity contribution in [3.63, 3.8) is 0 Å². The van der Waals surface area contributed by atoms with E-state index in [0.717, 1.165) is 30.0 Å². The fraction of sp³-hybridized carbons (Fsp3) is 0.250. The highest BCUT2D eigenvalue weighted by Gasteiger charge is 2.30. The van der Waals surface area contributed by atoms with Crippen molar-refractivity contribution in [2.45, 2.75) is 31.3 Å². The number of nitrogens with zero attached hydrogens (tertiary/aromatic N) is 2. The fourth-order valence-electron chi connectivity index (χ4n) is 3.67. The van der Waals surface area contributed by atoms with E-state index in [4.69, 9.17) is 5.11 Å². The van der Waals surface area contributed by atoms with Gasteiger partial charge in [-0.3, -0.25) is 9.48 Å². The lowest BCUT2D eigenvalue weighted by atomic mass is 10.0. The van der Waals surface area contributed by atoms with Gasteiger partial charge in [0.1, 0.15) is 0 Å². The number of carbonyl (C=O) groups is 2. The van der Waals surface area contributed by atoms with Gasteiger partial charge in [-0.2, -0.15) is 5.10 Å². The van der Waals surface area contributed by atoms with Crippen LogP contribution in [0.4, 0.5) is 0 Å². The maximum Gasteiger partial charge on any atom is 0.335 e. The molecule has 1 fully saturated rings. The molecule has 0 spiro atoms. The quantitative estimate of drug-likeness (QED) is 0.757. The third-order valence-electron chi connectivity index (χ3n) is 5.01. The molecule has 132 valence electrons. The first-order valence-electron chi connectivity index (χ1n) is 8.69. The van der Waals surface area contributed by atoms with Crippen molar-refractivity contribution in [3.05, 3.63) is 66.0 Å². The molecule has 0 aliphatic heterocycles. The van der Waals surface area contributed by atoms with Gasteiger partial charge in [0.2, 0.25) is 0 Å². The number of nitrogens with one attached hydrogen (secondary N) is 1. The van der Waals surface area contributed by atoms with Crippen molar-refractivity contribution in [3.8, 4) is 0 Å². The smallest absolute Gasteiger partial charge is 0.335 e. The Morgan fingerprint density at radius 1 is 1.08 bits per heavy atom. The lowest BCUT2D eigenvalue weighted by Crippen LogP contribution is -2.38. The van der Waals surface area contributed by atoms with E-state index in [1.165, 1.54) is 0 Å². The summed E-state index contributed by atoms with van der Waals surface area (Å²) in [5.74, 6) is -1.07. The van der Waals surface area contributed by atoms with Gasteiger partial charge >= 0.3 is 5.97 Å². The number of carbonyl (C=O) groups excluding carboxylic acids is 1. The van der Waals surface area contributed by atoms with Gasteiger partial charge in [0, 0.05) is 18.0 Å². The standard InChI is InChI=1S/C20H19N3O3/c24-19(22-17-3-1-4-18(17)23-10-2-9-21-23)15-7-5-14-12-16(20(25)26)8-6-13(14)11-15/h2,5-12,17-18H,1,3-4H2,(H,22,24)(H,25,26)/t17-,18+/m1/s1. The number of fused-ring (bicyclic) bond motifs is 1. The molecule has 6 nitrogen and oxygen atoms in total. The van der Waals surface area contributed by atoms with Crippen molar-refractivity contribution >= 4 is 22.6 Å². The third kappa shape index (κ3) is 3.06. The zero-order valence-electron chi connectivity index (χ0n) is 14.1. The van der Waals surface area contributed by atoms with Crippen LogP contribution in [-0.4, -0.2) is 32.8 Å². The predicted octanol–water partition coefficient (Wildman–Crippen LogP) is 3.26. The molecule has 2 atom stereocenters. The Balaban J connectivity index is 1.54. The number of aromatic nitrogens is 2. The molecule has 0 unspecified atom stereocenters. The van der Waals surface area contributed by atoms with E-state index in [2.05, 4.69) is 10.4 Å². The predicted molar refractivity (Wildman–Crippen MR) is 97.3 cm³/mol. The van der Waals surface area contributed by atoms with Crippen LogP contribution in [-0.2, 0) is 0 Å². The summed E-state index contributed by atoms with van der Waals surface area (Å²) in [6, 6.07) is 12.4. The van der Waals surface area contributed by atoms with Crippen molar-refractivity contribution in [1.29, 1.82) is 0 Å². The van der Waals surface area contributed by atoms with Crippen LogP contribution in [0.2, 0.25) is 0 Å². The first-order valence-corrected chi connectivity index (χ1v) is 8.69. The molecule has 0 radical (unpaired) electrons. The number of rotatable bonds is 4. The van der Waals surface area contributed by atoms with Crippen molar-refractivity contribution in [1.82, 2.24) is 15.1 Å². The second kappa shape index (κ2) is 6.63. The lowest BCUT2D eigenvalue weighted by Gasteiger charge is -2.21. The topological polar surface area (TPSA) is 84.2 Å². The summed E-state index contributed by atoms with van der Waals surface area (Å²) in [6.45, 7) is 0. The second-order valence-corrected chi connectivity index (χ2v) is 6.65. The van der Waals surface area contributed by atoms with E-state index >= 15 is 0 Å². The summed E-state index contributed by atoms with van der Waals surface area (Å²) in [7, 11) is 0. The van der Waals surface area contributed by atoms with Gasteiger partial charge in [-0.25, -0.2) is 4.79 Å². The van der Waals surface area contributed by atoms with Gasteiger partial charge < -0.3 is 10.4 Å². The SMILES string of the molecule is O=C(O)c1ccc2cc(C(=O)N[C@@H]3CCC[C@@H]3n3cccn3)ccc2c1. The van der Waals surface area contributed by atoms with Crippen LogP contribution in [0.25, 0.3) is 10.8 Å². The van der Waals surface area contributed by atoms with Crippen LogP contribution >= 0.6 is 0 Å². The molecule has 3 aromatic rings. The summed E-state index contributed by atoms with van der Waals surface area (Å²) in [5, 5.41) is 18.2. The fourth-order valence-corrected chi connectivity index (χ4v) is 3.67. The maximum absolute atomic E-state index is 12.7. The van der Waals surface area contributed by atoms with E-state index < -0.39 is 5.97 Å². The third-order valence-corrected chi connectivity index (χ3v) is 5.01. The van der Waals surface area contributed by atoms with Crippen molar-refractivity contribution < 1.29 is 14.7 Å². The Labute approximate surface area is 150 Å². The average Bonchev–Trinajstić information content (AvgIpc) is 3.32. The van der Waals surface area contributed by atoms with E-state index in [1.807, 2.05) is 16.9 Å². The maximum atomic E-state index is 12.7. The van der Waals surface area contributed by atoms with Crippen molar-refractivity contribution in [2.75, 3.05) is 0 Å². The number of hydrogen-bond donors (Lipinski definition) is 2. The van der Waals surface area contributed by atoms with Gasteiger partial charge in [0.05, 0.1) is 17.6 Å². The van der Waals surface area contributed by atoms with E-state index in [-0.39, 0.29) is 23.6 Å². The molecular weight excluding hydrogens is 330 g/mol. The highest BCUT2D eigenvalue weighted by atomic mass is 16.4. The number of benzene rings is 2. The van der Waals surface area contributed by atoms with E-state index in [9.17, 15) is 9.59 Å². The molecule has 2 N–H and O–H groups in total. The van der Waals surface area contributed by atoms with Crippen LogP contribution in [0.1, 0.15) is 46.0 Å². The molecule has 1 amide bonds. The lowest BCUT2D eigenvalue weighted by molar-refractivity contribution is 0.0696. The largest absolute Gasteiger partial charge is 0.478 e. The van der Waals surface area contributed by atoms with Crippen LogP contribution < -0.4 is 5.32 Å². The minimum Gasteiger partial charge on any atom is -0.478 e. The highest BCUT2D eigenvalue weighted by Crippen LogP contribution is 2.30. The molecule has 6 heteroatoms. The van der Waals surface area contributed by atoms with Gasteiger partial charge in [-0.1, -0.05) is 12.1 Å². The number of carboxylic acids is 1. The monoisotopic (exact) mass is 349 g/mol. The van der Waals surface area contributed by atoms with Gasteiger partial charge in [-0.15, -0.1) is 0 Å². The van der Waals surface area contributed by atoms with Crippen molar-refractivity contribution in [2.24, 2.45) is 0 Å². The Morgan fingerprint density at radius 3 is 2.50 bits per heavy atom. The summed E-state index contributed by atoms with van der Waals surface area (Å²) in [5.41, 5.74) is 0.814. The van der Waals surface area contributed by atoms with Gasteiger partial charge in [0.15, 0.2) is 0 Å². The summed E-state index contributed by atoms with van der Waals surface area (Å²) in [4.78, 5) is 23.8. The van der Waals surface area contributed by atoms with Crippen LogP contribution in [0.5, 0.6) is 0 Å². The van der Waals surface area contributed by atoms with E-state index in [1.54, 1.807) is 42.6 Å². The Bertz CT molecular complexity index is 966. The van der Waals surface area contributed by atoms with Crippen LogP contribution in [0.15, 0.2) is 54.9 Å². The molecule has 1 aromatic heterocycles. The van der Waals surface area contributed by atoms with Crippen LogP contribution in [0.3, 0.4) is 0 Å². The molecule has 0 saturated heterocycles. The number of hydrogen-bond acceptors (Lipinski definition) is 3. The molecule has 2 aromatic carbocycles. The zero-order chi connectivity index (χ0) is 18.1. The molecule has 1 aliphatic rings. The summed E-state index contributed by atoms with van der Waals surface area (Å²) < 4.78 is 1.92. The van der Waals surface area contributed by atoms with Gasteiger partial charge in [0.25, 0.3) is 5.91 Å². The molecule has 1 aliphatic carbocycles. The second-order valence-electron chi connectivity index (χ2n) is 6.65. The van der Waals surface area contributed by atoms with E-state index in [0.29, 0.717) is 5.56 Å². The normalized spacial score (nSPS) is 19.5. The number of carboxylic acid groups (broad SMARTS) is 1. The molecule has 4 rings (SSSR count). The minimum atomic E-state index is -0.959. The molecular formula is C20H19N3O3. The molecule has 1 saturated carbocycles. The Morgan fingerprint density at radius 2 is 1.81 bits per heavy atom. The summed E-state index contributed by atoms with van der Waals surface area (Å²) in [6.07, 6.45) is 6.69. The Hall–Kier alpha value is -3.15. The van der Waals surface area contributed by atoms with Gasteiger partial charge in [-0.05, 0) is 60.4 Å². The minimum absolute atomic E-state index is 0.0625. The number of aromatic carboxylic acids is 1. The average molecular weight is 349 g/mol. The Kier molecular flexibility index (Phi) is 4.16. The first kappa shape index (κ1) is 16.3. The highest BCUT2D eigenvalue weighted by molar-refractivity contribution is 6.00. The first-order chi connectivity index (χ1) is 12.6. The molecule has 1 heterocycles.